The highest BCUT2D eigenvalue weighted by molar-refractivity contribution is 8.00. The summed E-state index contributed by atoms with van der Waals surface area (Å²) >= 11 is 0.0439. The molecule has 0 bridgehead atoms. The van der Waals surface area contributed by atoms with E-state index in [1.807, 2.05) is 11.9 Å². The van der Waals surface area contributed by atoms with Crippen LogP contribution < -0.4 is 5.32 Å². The van der Waals surface area contributed by atoms with Gasteiger partial charge in [0.1, 0.15) is 0 Å². The van der Waals surface area contributed by atoms with E-state index >= 15 is 0 Å². The van der Waals surface area contributed by atoms with Crippen LogP contribution in [0.5, 0.6) is 0 Å². The van der Waals surface area contributed by atoms with E-state index in [4.69, 9.17) is 0 Å². The van der Waals surface area contributed by atoms with Gasteiger partial charge >= 0.3 is 5.51 Å². The minimum atomic E-state index is -4.10. The number of nitrogens with one attached hydrogen (secondary N) is 1. The molecule has 16 heavy (non-hydrogen) atoms. The molecule has 0 unspecified atom stereocenters. The summed E-state index contributed by atoms with van der Waals surface area (Å²) in [7, 11) is 1.84. The highest BCUT2D eigenvalue weighted by atomic mass is 32.2. The van der Waals surface area contributed by atoms with Gasteiger partial charge in [-0.3, -0.25) is 0 Å². The summed E-state index contributed by atoms with van der Waals surface area (Å²) in [5.74, 6) is 0.704. The molecule has 0 aliphatic carbocycles. The Balaban J connectivity index is 3.35. The van der Waals surface area contributed by atoms with Crippen molar-refractivity contribution in [1.29, 1.82) is 0 Å². The largest absolute Gasteiger partial charge is 0.441 e. The molecule has 0 aromatic heterocycles. The van der Waals surface area contributed by atoms with Crippen LogP contribution in [0.3, 0.4) is 0 Å². The molecule has 0 aromatic carbocycles. The minimum Gasteiger partial charge on any atom is -0.315 e. The van der Waals surface area contributed by atoms with Crippen LogP contribution in [0.25, 0.3) is 0 Å². The Bertz CT molecular complexity index is 174. The first-order chi connectivity index (χ1) is 7.31. The van der Waals surface area contributed by atoms with Gasteiger partial charge in [0.05, 0.1) is 0 Å². The van der Waals surface area contributed by atoms with Crippen molar-refractivity contribution in [2.75, 3.05) is 39.0 Å². The van der Waals surface area contributed by atoms with Gasteiger partial charge in [0.2, 0.25) is 0 Å². The summed E-state index contributed by atoms with van der Waals surface area (Å²) in [5, 5.41) is 3.25. The molecule has 0 aliphatic rings. The number of rotatable bonds is 8. The van der Waals surface area contributed by atoms with Gasteiger partial charge in [-0.05, 0) is 31.3 Å². The Labute approximate surface area is 100.0 Å². The van der Waals surface area contributed by atoms with Crippen LogP contribution in [-0.2, 0) is 0 Å². The first-order valence-electron chi connectivity index (χ1n) is 5.41. The van der Waals surface area contributed by atoms with Crippen molar-refractivity contribution in [2.45, 2.75) is 19.4 Å². The molecule has 0 amide bonds. The summed E-state index contributed by atoms with van der Waals surface area (Å²) < 4.78 is 35.5. The lowest BCUT2D eigenvalue weighted by atomic mass is 10.2. The third-order valence-electron chi connectivity index (χ3n) is 1.96. The Kier molecular flexibility index (Phi) is 8.23. The quantitative estimate of drug-likeness (QED) is 0.673. The highest BCUT2D eigenvalue weighted by Gasteiger charge is 2.27. The molecule has 0 atom stereocenters. The lowest BCUT2D eigenvalue weighted by Crippen LogP contribution is -2.32. The zero-order valence-electron chi connectivity index (χ0n) is 10.1. The topological polar surface area (TPSA) is 15.3 Å². The Morgan fingerprint density at radius 1 is 1.25 bits per heavy atom. The van der Waals surface area contributed by atoms with Crippen molar-refractivity contribution < 1.29 is 13.2 Å². The average Bonchev–Trinajstić information content (AvgIpc) is 2.10. The van der Waals surface area contributed by atoms with Gasteiger partial charge in [0.15, 0.2) is 0 Å². The molecule has 0 spiro atoms. The number of nitrogens with zero attached hydrogens (tertiary/aromatic N) is 1. The van der Waals surface area contributed by atoms with Crippen molar-refractivity contribution in [3.8, 4) is 0 Å². The van der Waals surface area contributed by atoms with Crippen LogP contribution in [0.15, 0.2) is 0 Å². The lowest BCUT2D eigenvalue weighted by molar-refractivity contribution is -0.0328. The standard InChI is InChI=1S/C10H21F3N2S/c1-9(2)8-14-4-5-15(3)6-7-16-10(11,12)13/h9,14H,4-8H2,1-3H3. The van der Waals surface area contributed by atoms with E-state index in [0.29, 0.717) is 12.5 Å². The molecule has 0 aliphatic heterocycles. The first-order valence-corrected chi connectivity index (χ1v) is 6.40. The molecule has 0 heterocycles. The number of hydrogen-bond donors (Lipinski definition) is 1. The molecular formula is C10H21F3N2S. The number of thioether (sulfide) groups is 1. The maximum atomic E-state index is 11.8. The third-order valence-corrected chi connectivity index (χ3v) is 2.68. The molecule has 0 aromatic rings. The summed E-state index contributed by atoms with van der Waals surface area (Å²) in [6, 6.07) is 0. The molecular weight excluding hydrogens is 237 g/mol. The maximum absolute atomic E-state index is 11.8. The van der Waals surface area contributed by atoms with E-state index in [1.165, 1.54) is 0 Å². The monoisotopic (exact) mass is 258 g/mol. The number of alkyl halides is 3. The normalized spacial score (nSPS) is 12.8. The molecule has 0 rings (SSSR count). The zero-order valence-corrected chi connectivity index (χ0v) is 10.9. The number of hydrogen-bond acceptors (Lipinski definition) is 3. The van der Waals surface area contributed by atoms with Crippen LogP contribution in [0.1, 0.15) is 13.8 Å². The second-order valence-electron chi connectivity index (χ2n) is 4.20. The van der Waals surface area contributed by atoms with Crippen molar-refractivity contribution in [1.82, 2.24) is 10.2 Å². The lowest BCUT2D eigenvalue weighted by Gasteiger charge is -2.17. The van der Waals surface area contributed by atoms with Crippen molar-refractivity contribution >= 4 is 11.8 Å². The predicted octanol–water partition coefficient (Wildman–Crippen LogP) is 2.42. The van der Waals surface area contributed by atoms with E-state index < -0.39 is 5.51 Å². The SMILES string of the molecule is CC(C)CNCCN(C)CCSC(F)(F)F. The van der Waals surface area contributed by atoms with E-state index in [1.54, 1.807) is 0 Å². The summed E-state index contributed by atoms with van der Waals surface area (Å²) in [6.07, 6.45) is 0. The zero-order chi connectivity index (χ0) is 12.6. The summed E-state index contributed by atoms with van der Waals surface area (Å²) in [6.45, 7) is 7.27. The van der Waals surface area contributed by atoms with Crippen LogP contribution in [-0.4, -0.2) is 49.4 Å². The van der Waals surface area contributed by atoms with Crippen LogP contribution in [0, 0.1) is 5.92 Å². The van der Waals surface area contributed by atoms with Crippen LogP contribution in [0.4, 0.5) is 13.2 Å². The van der Waals surface area contributed by atoms with Crippen LogP contribution >= 0.6 is 11.8 Å². The van der Waals surface area contributed by atoms with E-state index in [-0.39, 0.29) is 17.5 Å². The number of likely N-dealkylation sites (N-methyl/N-ethyl adjacent to an activating group) is 1. The van der Waals surface area contributed by atoms with E-state index in [2.05, 4.69) is 19.2 Å². The molecule has 1 N–H and O–H groups in total. The molecule has 98 valence electrons. The minimum absolute atomic E-state index is 0.0439. The molecule has 0 saturated carbocycles. The molecule has 0 fully saturated rings. The molecule has 6 heteroatoms. The van der Waals surface area contributed by atoms with E-state index in [0.717, 1.165) is 19.6 Å². The molecule has 0 radical (unpaired) electrons. The second-order valence-corrected chi connectivity index (χ2v) is 5.36. The van der Waals surface area contributed by atoms with Gasteiger partial charge in [0.25, 0.3) is 0 Å². The van der Waals surface area contributed by atoms with Gasteiger partial charge in [-0.1, -0.05) is 13.8 Å². The van der Waals surface area contributed by atoms with Crippen LogP contribution in [0.2, 0.25) is 0 Å². The second kappa shape index (κ2) is 8.20. The fourth-order valence-corrected chi connectivity index (χ4v) is 1.72. The third kappa shape index (κ3) is 12.1. The smallest absolute Gasteiger partial charge is 0.315 e. The van der Waals surface area contributed by atoms with Crippen molar-refractivity contribution in [3.63, 3.8) is 0 Å². The first kappa shape index (κ1) is 16.1. The maximum Gasteiger partial charge on any atom is 0.441 e. The van der Waals surface area contributed by atoms with Gasteiger partial charge < -0.3 is 10.2 Å². The summed E-state index contributed by atoms with van der Waals surface area (Å²) in [5.41, 5.74) is -4.10. The summed E-state index contributed by atoms with van der Waals surface area (Å²) in [4.78, 5) is 1.91. The Morgan fingerprint density at radius 2 is 1.88 bits per heavy atom. The molecule has 0 saturated heterocycles. The molecule has 2 nitrogen and oxygen atoms in total. The van der Waals surface area contributed by atoms with Gasteiger partial charge in [0, 0.05) is 25.4 Å². The van der Waals surface area contributed by atoms with Crippen molar-refractivity contribution in [2.24, 2.45) is 5.92 Å². The van der Waals surface area contributed by atoms with Gasteiger partial charge in [-0.15, -0.1) is 0 Å². The number of halogens is 3. The average molecular weight is 258 g/mol. The van der Waals surface area contributed by atoms with E-state index in [9.17, 15) is 13.2 Å². The fraction of sp³-hybridized carbons (Fsp3) is 1.00. The van der Waals surface area contributed by atoms with Crippen molar-refractivity contribution in [3.05, 3.63) is 0 Å². The Hall–Kier alpha value is 0.0600. The fourth-order valence-electron chi connectivity index (χ4n) is 1.09. The highest BCUT2D eigenvalue weighted by Crippen LogP contribution is 2.29. The Morgan fingerprint density at radius 3 is 2.38 bits per heavy atom. The van der Waals surface area contributed by atoms with Gasteiger partial charge in [-0.25, -0.2) is 0 Å². The predicted molar refractivity (Wildman–Crippen MR) is 63.7 cm³/mol. The van der Waals surface area contributed by atoms with Gasteiger partial charge in [-0.2, -0.15) is 13.2 Å².